The van der Waals surface area contributed by atoms with Crippen LogP contribution >= 0.6 is 46.4 Å². The summed E-state index contributed by atoms with van der Waals surface area (Å²) in [5, 5.41) is 9.16. The molecule has 0 spiro atoms. The number of rotatable bonds is 3. The summed E-state index contributed by atoms with van der Waals surface area (Å²) in [5.41, 5.74) is -1.83. The van der Waals surface area contributed by atoms with Crippen LogP contribution in [0.1, 0.15) is 87.5 Å². The number of piperidine rings is 2. The topological polar surface area (TPSA) is 141 Å². The largest absolute Gasteiger partial charge is 0.511 e. The maximum absolute atomic E-state index is 12.0. The first kappa shape index (κ1) is 43.5. The van der Waals surface area contributed by atoms with Crippen LogP contribution in [0, 0.1) is 0 Å². The third-order valence-corrected chi connectivity index (χ3v) is 5.82. The van der Waals surface area contributed by atoms with Gasteiger partial charge in [0, 0.05) is 24.7 Å². The third kappa shape index (κ3) is 21.7. The van der Waals surface area contributed by atoms with Crippen molar-refractivity contribution in [3.8, 4) is 0 Å². The second kappa shape index (κ2) is 20.4. The van der Waals surface area contributed by atoms with Crippen molar-refractivity contribution in [3.05, 3.63) is 0 Å². The Labute approximate surface area is 275 Å². The lowest BCUT2D eigenvalue weighted by Gasteiger charge is -2.36. The van der Waals surface area contributed by atoms with Gasteiger partial charge < -0.3 is 38.6 Å². The van der Waals surface area contributed by atoms with E-state index in [1.165, 1.54) is 0 Å². The lowest BCUT2D eigenvalue weighted by atomic mass is 10.0. The summed E-state index contributed by atoms with van der Waals surface area (Å²) in [6, 6.07) is -0.204. The molecule has 2 saturated heterocycles. The van der Waals surface area contributed by atoms with Crippen molar-refractivity contribution in [2.45, 2.75) is 115 Å². The summed E-state index contributed by atoms with van der Waals surface area (Å²) < 4.78 is 21.4. The molecule has 2 rings (SSSR count). The zero-order chi connectivity index (χ0) is 32.7. The van der Waals surface area contributed by atoms with Crippen LogP contribution < -0.4 is 0 Å². The molecule has 43 heavy (non-hydrogen) atoms. The predicted octanol–water partition coefficient (Wildman–Crippen LogP) is 7.65. The number of carbonyl (C=O) groups excluding carboxylic acids is 4. The minimum atomic E-state index is -2.03. The van der Waals surface area contributed by atoms with Crippen LogP contribution in [-0.2, 0) is 23.7 Å². The molecule has 0 aromatic heterocycles. The van der Waals surface area contributed by atoms with Gasteiger partial charge in [-0.3, -0.25) is 0 Å². The molecule has 0 aromatic rings. The van der Waals surface area contributed by atoms with Crippen molar-refractivity contribution in [1.29, 1.82) is 0 Å². The van der Waals surface area contributed by atoms with E-state index in [1.807, 2.05) is 41.5 Å². The van der Waals surface area contributed by atoms with E-state index in [2.05, 4.69) is 9.47 Å². The van der Waals surface area contributed by atoms with E-state index in [4.69, 9.17) is 65.7 Å². The molecule has 0 saturated carbocycles. The first-order valence-corrected chi connectivity index (χ1v) is 15.0. The minimum Gasteiger partial charge on any atom is -0.451 e. The molecule has 2 aliphatic heterocycles. The highest BCUT2D eigenvalue weighted by atomic mass is 35.6. The Kier molecular flexibility index (Phi) is 20.7. The smallest absolute Gasteiger partial charge is 0.451 e. The second-order valence-corrected chi connectivity index (χ2v) is 13.9. The van der Waals surface area contributed by atoms with Gasteiger partial charge in [-0.1, -0.05) is 7.43 Å². The molecule has 0 aliphatic carbocycles. The molecule has 0 bridgehead atoms. The van der Waals surface area contributed by atoms with E-state index in [0.717, 1.165) is 45.6 Å². The highest BCUT2D eigenvalue weighted by Crippen LogP contribution is 2.27. The van der Waals surface area contributed by atoms with Gasteiger partial charge in [-0.05, 0) is 115 Å². The third-order valence-electron chi connectivity index (χ3n) is 5.48. The Bertz CT molecular complexity index is 860. The number of aliphatic hydroxyl groups excluding tert-OH is 1. The van der Waals surface area contributed by atoms with Crippen LogP contribution in [0.15, 0.2) is 0 Å². The van der Waals surface area contributed by atoms with Crippen LogP contribution in [0.3, 0.4) is 0 Å². The van der Waals surface area contributed by atoms with E-state index < -0.39 is 26.8 Å². The number of halogens is 4. The zero-order valence-corrected chi connectivity index (χ0v) is 28.3. The summed E-state index contributed by atoms with van der Waals surface area (Å²) in [6.07, 6.45) is 3.97. The molecule has 1 N–H and O–H groups in total. The van der Waals surface area contributed by atoms with Gasteiger partial charge in [-0.15, -0.1) is 0 Å². The molecule has 2 heterocycles. The Balaban J connectivity index is 0. The Morgan fingerprint density at radius 3 is 1.51 bits per heavy atom. The number of ether oxygens (including phenoxy) is 5. The van der Waals surface area contributed by atoms with Gasteiger partial charge in [-0.25, -0.2) is 19.2 Å². The summed E-state index contributed by atoms with van der Waals surface area (Å²) in [6.45, 7) is 12.5. The molecule has 12 nitrogen and oxygen atoms in total. The summed E-state index contributed by atoms with van der Waals surface area (Å²) in [4.78, 5) is 47.8. The van der Waals surface area contributed by atoms with Crippen molar-refractivity contribution in [1.82, 2.24) is 9.80 Å². The van der Waals surface area contributed by atoms with Crippen LogP contribution in [0.5, 0.6) is 0 Å². The Hall–Kier alpha value is -1.60. The van der Waals surface area contributed by atoms with Crippen LogP contribution in [0.4, 0.5) is 19.2 Å². The summed E-state index contributed by atoms with van der Waals surface area (Å²) in [5.74, 6) is 0. The van der Waals surface area contributed by atoms with Crippen molar-refractivity contribution < 1.29 is 48.0 Å². The number of amides is 2. The zero-order valence-electron chi connectivity index (χ0n) is 25.3. The van der Waals surface area contributed by atoms with E-state index in [1.54, 1.807) is 9.80 Å². The van der Waals surface area contributed by atoms with E-state index in [9.17, 15) is 19.2 Å². The van der Waals surface area contributed by atoms with Crippen molar-refractivity contribution in [2.24, 2.45) is 0 Å². The SMILES string of the molecule is C.CC(C)(C)OC(=O)N1CCCC[C@@H]1CO.CC(C)(C)OC(=O)N1CCCC[C@@H]1COC(=O)Cl.COC(=O)OC(Cl)(Cl)Cl. The van der Waals surface area contributed by atoms with Crippen molar-refractivity contribution in [3.63, 3.8) is 0 Å². The normalized spacial score (nSPS) is 18.7. The van der Waals surface area contributed by atoms with Gasteiger partial charge >= 0.3 is 27.7 Å². The number of hydrogen-bond donors (Lipinski definition) is 1. The second-order valence-electron chi connectivity index (χ2n) is 11.4. The Morgan fingerprint density at radius 1 is 0.767 bits per heavy atom. The number of nitrogens with zero attached hydrogens (tertiary/aromatic N) is 2. The number of hydrogen-bond acceptors (Lipinski definition) is 10. The van der Waals surface area contributed by atoms with Gasteiger partial charge in [0.25, 0.3) is 0 Å². The maximum Gasteiger partial charge on any atom is 0.511 e. The summed E-state index contributed by atoms with van der Waals surface area (Å²) >= 11 is 20.2. The van der Waals surface area contributed by atoms with E-state index >= 15 is 0 Å². The Morgan fingerprint density at radius 2 is 1.19 bits per heavy atom. The minimum absolute atomic E-state index is 0. The molecule has 16 heteroatoms. The number of likely N-dealkylation sites (tertiary alicyclic amines) is 2. The highest BCUT2D eigenvalue weighted by Gasteiger charge is 2.32. The molecule has 0 aromatic carbocycles. The number of aliphatic hydroxyl groups is 1. The van der Waals surface area contributed by atoms with Gasteiger partial charge in [0.15, 0.2) is 0 Å². The van der Waals surface area contributed by atoms with Crippen LogP contribution in [-0.4, -0.2) is 99.4 Å². The first-order chi connectivity index (χ1) is 19.2. The molecule has 0 radical (unpaired) electrons. The van der Waals surface area contributed by atoms with Gasteiger partial charge in [0.1, 0.15) is 17.8 Å². The van der Waals surface area contributed by atoms with Crippen LogP contribution in [0.2, 0.25) is 0 Å². The van der Waals surface area contributed by atoms with Crippen molar-refractivity contribution >= 4 is 70.2 Å². The lowest BCUT2D eigenvalue weighted by Crippen LogP contribution is -2.48. The average molecular weight is 702 g/mol. The fourth-order valence-electron chi connectivity index (χ4n) is 3.78. The van der Waals surface area contributed by atoms with Crippen LogP contribution in [0.25, 0.3) is 0 Å². The number of carbonyl (C=O) groups is 4. The number of alkyl halides is 3. The summed E-state index contributed by atoms with van der Waals surface area (Å²) in [7, 11) is 1.11. The lowest BCUT2D eigenvalue weighted by molar-refractivity contribution is 0.000649. The number of methoxy groups -OCH3 is 1. The highest BCUT2D eigenvalue weighted by molar-refractivity contribution is 6.66. The fraction of sp³-hybridized carbons (Fsp3) is 0.852. The molecule has 2 fully saturated rings. The van der Waals surface area contributed by atoms with E-state index in [-0.39, 0.29) is 44.9 Å². The fourth-order valence-corrected chi connectivity index (χ4v) is 4.04. The molecule has 2 amide bonds. The molecule has 0 unspecified atom stereocenters. The molecular formula is C27H48Cl4N2O10. The predicted molar refractivity (Wildman–Crippen MR) is 166 cm³/mol. The van der Waals surface area contributed by atoms with E-state index in [0.29, 0.717) is 13.1 Å². The van der Waals surface area contributed by atoms with Gasteiger partial charge in [0.05, 0.1) is 25.8 Å². The molecular weight excluding hydrogens is 654 g/mol. The average Bonchev–Trinajstić information content (AvgIpc) is 2.85. The standard InChI is InChI=1S/C12H20ClNO4.C11H21NO3.C3H3Cl3O3.CH4/c1-12(2,3)18-11(16)14-7-5-4-6-9(14)8-17-10(13)15;1-11(2,3)15-10(14)12-7-5-4-6-9(12)8-13;1-8-2(7)9-3(4,5)6;/h9H,4-8H2,1-3H3;9,13H,4-8H2,1-3H3;1H3;1H4/t2*9-;;/m11../s1. The molecule has 254 valence electrons. The van der Waals surface area contributed by atoms with Gasteiger partial charge in [0.2, 0.25) is 0 Å². The van der Waals surface area contributed by atoms with Gasteiger partial charge in [-0.2, -0.15) is 0 Å². The van der Waals surface area contributed by atoms with Crippen molar-refractivity contribution in [2.75, 3.05) is 33.4 Å². The monoisotopic (exact) mass is 700 g/mol. The molecule has 2 atom stereocenters. The maximum atomic E-state index is 12.0. The first-order valence-electron chi connectivity index (χ1n) is 13.4. The molecule has 2 aliphatic rings. The quantitative estimate of drug-likeness (QED) is 0.135.